The van der Waals surface area contributed by atoms with E-state index in [1.54, 1.807) is 14.2 Å². The highest BCUT2D eigenvalue weighted by atomic mass is 19.1. The van der Waals surface area contributed by atoms with Gasteiger partial charge in [-0.3, -0.25) is 14.9 Å². The number of benzene rings is 1. The van der Waals surface area contributed by atoms with Gasteiger partial charge in [0.05, 0.1) is 36.1 Å². The number of hydrogen-bond donors (Lipinski definition) is 2. The van der Waals surface area contributed by atoms with E-state index in [4.69, 9.17) is 4.74 Å². The molecule has 10 heteroatoms. The summed E-state index contributed by atoms with van der Waals surface area (Å²) in [4.78, 5) is 40.7. The van der Waals surface area contributed by atoms with Crippen LogP contribution < -0.4 is 10.6 Å². The molecule has 5 unspecified atom stereocenters. The SMILES string of the molecule is C/C=C(\C=C/C(C)=C(C)C)C(CCC=O)C(=O)NC.C1CCCC1.C=C(/C=C(\C=C(\C)[C@H](C)CC)C(=O)Nc1nc2cc(C)c(C)cc2n1C)C1=C(OC)CC[N+](C)=C1.CCCC.CCCC(C)C(F)CC(C)CC.CCCCCC(C)CC. The Morgan fingerprint density at radius 3 is 1.90 bits per heavy atom. The van der Waals surface area contributed by atoms with E-state index in [0.717, 1.165) is 96.4 Å². The van der Waals surface area contributed by atoms with Crippen LogP contribution >= 0.6 is 0 Å². The zero-order valence-corrected chi connectivity index (χ0v) is 58.1. The number of carbonyl (C=O) groups is 3. The number of amides is 2. The average molecular weight is 1170 g/mol. The van der Waals surface area contributed by atoms with Gasteiger partial charge in [0, 0.05) is 26.1 Å². The second-order valence-corrected chi connectivity index (χ2v) is 24.1. The van der Waals surface area contributed by atoms with Crippen molar-refractivity contribution in [3.8, 4) is 0 Å². The van der Waals surface area contributed by atoms with Crippen molar-refractivity contribution >= 4 is 41.3 Å². The van der Waals surface area contributed by atoms with E-state index in [0.29, 0.717) is 36.2 Å². The Kier molecular flexibility index (Phi) is 46.3. The summed E-state index contributed by atoms with van der Waals surface area (Å²) < 4.78 is 23.1. The van der Waals surface area contributed by atoms with Crippen LogP contribution in [-0.4, -0.2) is 72.4 Å². The summed E-state index contributed by atoms with van der Waals surface area (Å²) in [7, 11) is 7.25. The van der Waals surface area contributed by atoms with Crippen molar-refractivity contribution in [2.45, 2.75) is 259 Å². The van der Waals surface area contributed by atoms with E-state index in [2.05, 4.69) is 143 Å². The molecule has 2 heterocycles. The highest BCUT2D eigenvalue weighted by Gasteiger charge is 2.22. The molecule has 4 rings (SSSR count). The number of aldehydes is 1. The molecule has 478 valence electrons. The maximum atomic E-state index is 13.6. The normalized spacial score (nSPS) is 15.5. The highest BCUT2D eigenvalue weighted by Crippen LogP contribution is 2.27. The summed E-state index contributed by atoms with van der Waals surface area (Å²) in [6.07, 6.45) is 35.9. The third-order valence-electron chi connectivity index (χ3n) is 16.6. The number of alkyl halides is 1. The van der Waals surface area contributed by atoms with Crippen LogP contribution in [0.3, 0.4) is 0 Å². The number of methoxy groups -OCH3 is 1. The van der Waals surface area contributed by atoms with Crippen molar-refractivity contribution < 1.29 is 28.1 Å². The van der Waals surface area contributed by atoms with Gasteiger partial charge in [-0.25, -0.2) is 13.9 Å². The second-order valence-electron chi connectivity index (χ2n) is 24.1. The van der Waals surface area contributed by atoms with Gasteiger partial charge >= 0.3 is 0 Å². The lowest BCUT2D eigenvalue weighted by Gasteiger charge is -2.18. The number of aryl methyl sites for hydroxylation is 3. The number of hydrogen-bond acceptors (Lipinski definition) is 5. The number of halogens is 1. The molecule has 0 radical (unpaired) electrons. The molecule has 1 aliphatic heterocycles. The number of nitrogens with zero attached hydrogens (tertiary/aromatic N) is 3. The fourth-order valence-corrected chi connectivity index (χ4v) is 9.03. The molecule has 84 heavy (non-hydrogen) atoms. The van der Waals surface area contributed by atoms with Gasteiger partial charge in [0.2, 0.25) is 11.9 Å². The van der Waals surface area contributed by atoms with Crippen LogP contribution in [0.25, 0.3) is 11.0 Å². The largest absolute Gasteiger partial charge is 0.500 e. The van der Waals surface area contributed by atoms with E-state index in [1.807, 2.05) is 76.0 Å². The number of carbonyl (C=O) groups excluding carboxylic acids is 3. The fraction of sp³-hybridized carbons (Fsp3) is 0.662. The summed E-state index contributed by atoms with van der Waals surface area (Å²) >= 11 is 0. The van der Waals surface area contributed by atoms with Crippen LogP contribution in [0.4, 0.5) is 10.3 Å². The summed E-state index contributed by atoms with van der Waals surface area (Å²) in [6, 6.07) is 4.16. The number of fused-ring (bicyclic) bond motifs is 1. The van der Waals surface area contributed by atoms with Crippen LogP contribution in [0.15, 0.2) is 93.9 Å². The van der Waals surface area contributed by atoms with Gasteiger partial charge in [0.25, 0.3) is 5.91 Å². The van der Waals surface area contributed by atoms with Crippen LogP contribution in [0, 0.1) is 43.4 Å². The van der Waals surface area contributed by atoms with Crippen molar-refractivity contribution in [3.05, 3.63) is 105 Å². The van der Waals surface area contributed by atoms with Gasteiger partial charge in [0.15, 0.2) is 6.21 Å². The number of ether oxygens (including phenoxy) is 1. The molecule has 1 aromatic carbocycles. The van der Waals surface area contributed by atoms with E-state index < -0.39 is 6.17 Å². The third kappa shape index (κ3) is 33.5. The Morgan fingerprint density at radius 2 is 1.42 bits per heavy atom. The number of anilines is 1. The second kappa shape index (κ2) is 48.0. The number of rotatable bonds is 27. The number of nitrogens with one attached hydrogen (secondary N) is 2. The lowest BCUT2D eigenvalue weighted by atomic mass is 9.92. The van der Waals surface area contributed by atoms with Crippen molar-refractivity contribution in [3.63, 3.8) is 0 Å². The monoisotopic (exact) mass is 1170 g/mol. The lowest BCUT2D eigenvalue weighted by molar-refractivity contribution is -0.493. The smallest absolute Gasteiger partial charge is 0.257 e. The molecule has 0 bridgehead atoms. The molecule has 1 fully saturated rings. The molecule has 1 saturated carbocycles. The topological polar surface area (TPSA) is 105 Å². The van der Waals surface area contributed by atoms with Crippen LogP contribution in [-0.2, 0) is 26.2 Å². The molecule has 2 aliphatic rings. The van der Waals surface area contributed by atoms with Crippen molar-refractivity contribution in [1.29, 1.82) is 0 Å². The van der Waals surface area contributed by atoms with E-state index in [1.165, 1.54) is 99.3 Å². The van der Waals surface area contributed by atoms with Crippen molar-refractivity contribution in [2.75, 3.05) is 33.1 Å². The number of aromatic nitrogens is 2. The minimum absolute atomic E-state index is 0.0468. The van der Waals surface area contributed by atoms with Gasteiger partial charge in [-0.15, -0.1) is 0 Å². The van der Waals surface area contributed by atoms with Crippen LogP contribution in [0.5, 0.6) is 0 Å². The summed E-state index contributed by atoms with van der Waals surface area (Å²) in [6.45, 7) is 43.4. The summed E-state index contributed by atoms with van der Waals surface area (Å²) in [5, 5.41) is 5.69. The first-order valence-electron chi connectivity index (χ1n) is 32.8. The molecular weight excluding hydrogens is 1040 g/mol. The van der Waals surface area contributed by atoms with Gasteiger partial charge in [0.1, 0.15) is 31.8 Å². The lowest BCUT2D eigenvalue weighted by Crippen LogP contribution is -2.28. The van der Waals surface area contributed by atoms with E-state index in [9.17, 15) is 18.8 Å². The molecule has 0 saturated heterocycles. The van der Waals surface area contributed by atoms with Gasteiger partial charge in [-0.2, -0.15) is 0 Å². The molecule has 6 atom stereocenters. The number of allylic oxidation sites excluding steroid dienone is 9. The average Bonchev–Trinajstić information content (AvgIpc) is 4.37. The molecule has 2 aromatic rings. The summed E-state index contributed by atoms with van der Waals surface area (Å²) in [5.74, 6) is 2.98. The van der Waals surface area contributed by atoms with E-state index >= 15 is 0 Å². The first-order valence-corrected chi connectivity index (χ1v) is 32.8. The molecule has 9 nitrogen and oxygen atoms in total. The molecule has 1 aromatic heterocycles. The van der Waals surface area contributed by atoms with Crippen LogP contribution in [0.1, 0.15) is 250 Å². The predicted molar refractivity (Wildman–Crippen MR) is 365 cm³/mol. The zero-order chi connectivity index (χ0) is 64.3. The van der Waals surface area contributed by atoms with Crippen molar-refractivity contribution in [1.82, 2.24) is 14.9 Å². The van der Waals surface area contributed by atoms with Gasteiger partial charge in [-0.05, 0) is 138 Å². The standard InChI is InChI=1S/C29H38N4O2.C16H25NO2.C11H23F.C9H20.C5H10.C4H10/c1-10-18(2)19(3)13-23(14-22(6)24-17-32(7)12-11-27(24)35-9)28(34)31-29-30-25-15-20(4)21(5)16-26(25)33(29)8;1-6-14(10-9-13(4)12(2)3)15(8-7-11-18)16(19)17-5;1-5-7-10(4)11(12)8-9(3)6-2;1-4-6-7-8-9(3)5-2;1-2-4-5-3-1;1-3-4-2/h13-18H,6,10-12H2,1-5,7-9H3;6,9-11,15H,7-8H2,1-5H3,(H,17,19);9-11H,5-8H2,1-4H3;9H,4-8H2,1-3H3;1-5H2;3-4H2,1-2H3/p+1/b19-13-,23-14+;10-9-,14-6+;;;;/t18-;;;;;/m1...../s1. The summed E-state index contributed by atoms with van der Waals surface area (Å²) in [5.41, 5.74) is 10.9. The number of unbranched alkanes of at least 4 members (excludes halogenated alkanes) is 3. The minimum atomic E-state index is -0.583. The quantitative estimate of drug-likeness (QED) is 0.0305. The Labute approximate surface area is 515 Å². The molecule has 2 amide bonds. The van der Waals surface area contributed by atoms with Crippen molar-refractivity contribution in [2.24, 2.45) is 36.6 Å². The number of imidazole rings is 1. The predicted octanol–water partition coefficient (Wildman–Crippen LogP) is 20.4. The third-order valence-corrected chi connectivity index (χ3v) is 16.6. The maximum Gasteiger partial charge on any atom is 0.257 e. The first kappa shape index (κ1) is 80.9. The van der Waals surface area contributed by atoms with Gasteiger partial charge in [-0.1, -0.05) is 214 Å². The minimum Gasteiger partial charge on any atom is -0.500 e. The Hall–Kier alpha value is -5.12. The Bertz CT molecular complexity index is 2410. The zero-order valence-electron chi connectivity index (χ0n) is 58.1. The fourth-order valence-electron chi connectivity index (χ4n) is 9.03. The molecule has 2 N–H and O–H groups in total. The Balaban J connectivity index is 0. The first-order chi connectivity index (χ1) is 39.9. The molecule has 0 spiro atoms. The van der Waals surface area contributed by atoms with Crippen LogP contribution in [0.2, 0.25) is 0 Å². The molecule has 1 aliphatic carbocycles. The van der Waals surface area contributed by atoms with Gasteiger partial charge < -0.3 is 19.4 Å². The van der Waals surface area contributed by atoms with E-state index in [-0.39, 0.29) is 23.7 Å². The highest BCUT2D eigenvalue weighted by molar-refractivity contribution is 6.06. The Morgan fingerprint density at radius 1 is 0.821 bits per heavy atom. The molecular formula is C74H127FN5O4+. The maximum absolute atomic E-state index is 13.6.